The summed E-state index contributed by atoms with van der Waals surface area (Å²) < 4.78 is 10.4. The maximum absolute atomic E-state index is 12.3. The van der Waals surface area contributed by atoms with Crippen molar-refractivity contribution in [3.8, 4) is 11.5 Å². The summed E-state index contributed by atoms with van der Waals surface area (Å²) in [5.74, 6) is 1.32. The lowest BCUT2D eigenvalue weighted by Crippen LogP contribution is -2.34. The predicted molar refractivity (Wildman–Crippen MR) is 108 cm³/mol. The van der Waals surface area contributed by atoms with Crippen LogP contribution >= 0.6 is 0 Å². The molecule has 1 fully saturated rings. The van der Waals surface area contributed by atoms with Crippen LogP contribution in [0.2, 0.25) is 0 Å². The molecule has 0 aliphatic carbocycles. The van der Waals surface area contributed by atoms with E-state index in [2.05, 4.69) is 10.6 Å². The van der Waals surface area contributed by atoms with Gasteiger partial charge in [0.25, 0.3) is 0 Å². The summed E-state index contributed by atoms with van der Waals surface area (Å²) in [6, 6.07) is 12.7. The van der Waals surface area contributed by atoms with Crippen molar-refractivity contribution in [3.63, 3.8) is 0 Å². The van der Waals surface area contributed by atoms with Crippen molar-refractivity contribution in [3.05, 3.63) is 48.0 Å². The molecule has 0 aromatic heterocycles. The van der Waals surface area contributed by atoms with Gasteiger partial charge in [0.2, 0.25) is 5.91 Å². The molecule has 0 saturated carbocycles. The van der Waals surface area contributed by atoms with Gasteiger partial charge in [0, 0.05) is 55.0 Å². The summed E-state index contributed by atoms with van der Waals surface area (Å²) in [4.78, 5) is 26.3. The van der Waals surface area contributed by atoms with Gasteiger partial charge in [-0.2, -0.15) is 0 Å². The predicted octanol–water partition coefficient (Wildman–Crippen LogP) is 3.19. The van der Waals surface area contributed by atoms with Crippen LogP contribution in [0.4, 0.5) is 16.2 Å². The van der Waals surface area contributed by atoms with Gasteiger partial charge in [-0.15, -0.1) is 0 Å². The molecule has 7 heteroatoms. The van der Waals surface area contributed by atoms with Gasteiger partial charge in [-0.25, -0.2) is 4.79 Å². The van der Waals surface area contributed by atoms with Crippen molar-refractivity contribution in [1.82, 2.24) is 5.32 Å². The maximum Gasteiger partial charge on any atom is 0.319 e. The standard InChI is InChI=1S/C21H25N3O4/c1-14-4-6-17(7-5-14)24-13-15(8-20(24)25)12-22-21(26)23-16-9-18(27-2)11-19(10-16)28-3/h4-7,9-11,15H,8,12-13H2,1-3H3,(H2,22,23,26). The Bertz CT molecular complexity index is 829. The third-order valence-corrected chi connectivity index (χ3v) is 4.71. The van der Waals surface area contributed by atoms with Gasteiger partial charge >= 0.3 is 6.03 Å². The van der Waals surface area contributed by atoms with Crippen LogP contribution in [0, 0.1) is 12.8 Å². The van der Waals surface area contributed by atoms with Gasteiger partial charge in [0.15, 0.2) is 0 Å². The first-order valence-electron chi connectivity index (χ1n) is 9.13. The fourth-order valence-electron chi connectivity index (χ4n) is 3.18. The lowest BCUT2D eigenvalue weighted by Gasteiger charge is -2.17. The molecular formula is C21H25N3O4. The molecule has 1 aliphatic heterocycles. The zero-order chi connectivity index (χ0) is 20.1. The van der Waals surface area contributed by atoms with E-state index in [1.807, 2.05) is 31.2 Å². The normalized spacial score (nSPS) is 16.0. The zero-order valence-electron chi connectivity index (χ0n) is 16.3. The summed E-state index contributed by atoms with van der Waals surface area (Å²) in [6.07, 6.45) is 0.418. The van der Waals surface area contributed by atoms with Crippen LogP contribution in [0.5, 0.6) is 11.5 Å². The minimum Gasteiger partial charge on any atom is -0.497 e. The number of methoxy groups -OCH3 is 2. The van der Waals surface area contributed by atoms with E-state index in [9.17, 15) is 9.59 Å². The Morgan fingerprint density at radius 2 is 1.75 bits per heavy atom. The van der Waals surface area contributed by atoms with E-state index in [1.165, 1.54) is 0 Å². The van der Waals surface area contributed by atoms with Gasteiger partial charge < -0.3 is 25.0 Å². The number of aryl methyl sites for hydroxylation is 1. The third kappa shape index (κ3) is 4.73. The second-order valence-corrected chi connectivity index (χ2v) is 6.85. The highest BCUT2D eigenvalue weighted by Gasteiger charge is 2.30. The fraction of sp³-hybridized carbons (Fsp3) is 0.333. The molecule has 1 aliphatic rings. The molecule has 0 bridgehead atoms. The van der Waals surface area contributed by atoms with Crippen molar-refractivity contribution in [2.24, 2.45) is 5.92 Å². The lowest BCUT2D eigenvalue weighted by atomic mass is 10.1. The van der Waals surface area contributed by atoms with Crippen molar-refractivity contribution >= 4 is 23.3 Å². The second-order valence-electron chi connectivity index (χ2n) is 6.85. The number of nitrogens with zero attached hydrogens (tertiary/aromatic N) is 1. The van der Waals surface area contributed by atoms with E-state index in [0.717, 1.165) is 11.3 Å². The average molecular weight is 383 g/mol. The van der Waals surface area contributed by atoms with E-state index >= 15 is 0 Å². The van der Waals surface area contributed by atoms with Crippen LogP contribution in [0.25, 0.3) is 0 Å². The Labute approximate surface area is 164 Å². The van der Waals surface area contributed by atoms with Crippen molar-refractivity contribution in [2.45, 2.75) is 13.3 Å². The smallest absolute Gasteiger partial charge is 0.319 e. The number of carbonyl (C=O) groups excluding carboxylic acids is 2. The fourth-order valence-corrected chi connectivity index (χ4v) is 3.18. The van der Waals surface area contributed by atoms with E-state index in [0.29, 0.717) is 36.7 Å². The summed E-state index contributed by atoms with van der Waals surface area (Å²) in [5.41, 5.74) is 2.61. The zero-order valence-corrected chi connectivity index (χ0v) is 16.3. The van der Waals surface area contributed by atoms with Crippen LogP contribution in [-0.2, 0) is 4.79 Å². The van der Waals surface area contributed by atoms with Crippen LogP contribution in [-0.4, -0.2) is 39.2 Å². The number of carbonyl (C=O) groups is 2. The molecule has 2 N–H and O–H groups in total. The highest BCUT2D eigenvalue weighted by molar-refractivity contribution is 5.96. The minimum atomic E-state index is -0.337. The average Bonchev–Trinajstić information content (AvgIpc) is 3.07. The number of hydrogen-bond donors (Lipinski definition) is 2. The maximum atomic E-state index is 12.3. The minimum absolute atomic E-state index is 0.0689. The first-order valence-corrected chi connectivity index (χ1v) is 9.13. The van der Waals surface area contributed by atoms with Crippen molar-refractivity contribution in [1.29, 1.82) is 0 Å². The van der Waals surface area contributed by atoms with Crippen LogP contribution in [0.3, 0.4) is 0 Å². The molecule has 2 aromatic rings. The topological polar surface area (TPSA) is 79.9 Å². The van der Waals surface area contributed by atoms with Gasteiger partial charge in [0.1, 0.15) is 11.5 Å². The SMILES string of the molecule is COc1cc(NC(=O)NCC2CC(=O)N(c3ccc(C)cc3)C2)cc(OC)c1. The Kier molecular flexibility index (Phi) is 6.03. The van der Waals surface area contributed by atoms with Gasteiger partial charge in [-0.05, 0) is 19.1 Å². The highest BCUT2D eigenvalue weighted by Crippen LogP contribution is 2.26. The molecule has 7 nitrogen and oxygen atoms in total. The third-order valence-electron chi connectivity index (χ3n) is 4.71. The lowest BCUT2D eigenvalue weighted by molar-refractivity contribution is -0.117. The summed E-state index contributed by atoms with van der Waals surface area (Å²) >= 11 is 0. The number of benzene rings is 2. The molecule has 148 valence electrons. The number of anilines is 2. The molecule has 3 rings (SSSR count). The van der Waals surface area contributed by atoms with E-state index in [1.54, 1.807) is 37.3 Å². The molecule has 3 amide bonds. The van der Waals surface area contributed by atoms with Crippen molar-refractivity contribution < 1.29 is 19.1 Å². The number of hydrogen-bond acceptors (Lipinski definition) is 4. The first kappa shape index (κ1) is 19.5. The number of ether oxygens (including phenoxy) is 2. The summed E-state index contributed by atoms with van der Waals surface area (Å²) in [6.45, 7) is 3.02. The largest absolute Gasteiger partial charge is 0.497 e. The first-order chi connectivity index (χ1) is 13.5. The van der Waals surface area contributed by atoms with Gasteiger partial charge in [0.05, 0.1) is 14.2 Å². The molecule has 1 atom stereocenters. The Balaban J connectivity index is 1.54. The second kappa shape index (κ2) is 8.65. The molecule has 2 aromatic carbocycles. The highest BCUT2D eigenvalue weighted by atomic mass is 16.5. The van der Waals surface area contributed by atoms with E-state index < -0.39 is 0 Å². The molecule has 28 heavy (non-hydrogen) atoms. The quantitative estimate of drug-likeness (QED) is 0.803. The molecular weight excluding hydrogens is 358 g/mol. The molecule has 1 saturated heterocycles. The molecule has 1 heterocycles. The summed E-state index contributed by atoms with van der Waals surface area (Å²) in [7, 11) is 3.10. The van der Waals surface area contributed by atoms with Crippen molar-refractivity contribution in [2.75, 3.05) is 37.5 Å². The Morgan fingerprint density at radius 1 is 1.11 bits per heavy atom. The van der Waals surface area contributed by atoms with Crippen LogP contribution in [0.1, 0.15) is 12.0 Å². The molecule has 0 radical (unpaired) electrons. The molecule has 0 spiro atoms. The van der Waals surface area contributed by atoms with E-state index in [4.69, 9.17) is 9.47 Å². The number of nitrogens with one attached hydrogen (secondary N) is 2. The Morgan fingerprint density at radius 3 is 2.36 bits per heavy atom. The van der Waals surface area contributed by atoms with Crippen LogP contribution in [0.15, 0.2) is 42.5 Å². The number of urea groups is 1. The monoisotopic (exact) mass is 383 g/mol. The van der Waals surface area contributed by atoms with Crippen LogP contribution < -0.4 is 25.0 Å². The number of rotatable bonds is 6. The van der Waals surface area contributed by atoms with Gasteiger partial charge in [-0.3, -0.25) is 4.79 Å². The molecule has 1 unspecified atom stereocenters. The number of amides is 3. The van der Waals surface area contributed by atoms with Gasteiger partial charge in [-0.1, -0.05) is 17.7 Å². The Hall–Kier alpha value is -3.22. The summed E-state index contributed by atoms with van der Waals surface area (Å²) in [5, 5.41) is 5.61. The van der Waals surface area contributed by atoms with E-state index in [-0.39, 0.29) is 17.9 Å².